The first-order chi connectivity index (χ1) is 17.4. The van der Waals surface area contributed by atoms with E-state index in [0.717, 1.165) is 38.0 Å². The highest BCUT2D eigenvalue weighted by Gasteiger charge is 2.30. The van der Waals surface area contributed by atoms with Crippen LogP contribution in [-0.4, -0.2) is 61.3 Å². The molecule has 1 heterocycles. The number of benzene rings is 2. The molecule has 9 heteroatoms. The Labute approximate surface area is 212 Å². The normalized spacial score (nSPS) is 17.7. The van der Waals surface area contributed by atoms with Gasteiger partial charge in [0, 0.05) is 18.5 Å². The maximum absolute atomic E-state index is 13.2. The van der Waals surface area contributed by atoms with Gasteiger partial charge in [-0.3, -0.25) is 4.79 Å². The molecule has 3 atom stereocenters. The van der Waals surface area contributed by atoms with Crippen LogP contribution < -0.4 is 20.9 Å². The van der Waals surface area contributed by atoms with E-state index in [1.54, 1.807) is 55.5 Å². The molecule has 0 aliphatic carbocycles. The molecule has 36 heavy (non-hydrogen) atoms. The predicted octanol–water partition coefficient (Wildman–Crippen LogP) is 1.88. The van der Waals surface area contributed by atoms with E-state index in [1.165, 1.54) is 11.3 Å². The Morgan fingerprint density at radius 3 is 2.47 bits per heavy atom. The Morgan fingerprint density at radius 2 is 1.81 bits per heavy atom. The second-order valence-electron chi connectivity index (χ2n) is 9.12. The van der Waals surface area contributed by atoms with Crippen molar-refractivity contribution in [2.45, 2.75) is 51.6 Å². The van der Waals surface area contributed by atoms with Crippen LogP contribution in [0.5, 0.6) is 5.75 Å². The summed E-state index contributed by atoms with van der Waals surface area (Å²) in [7, 11) is 0. The fraction of sp³-hybridized carbons (Fsp3) is 0.444. The molecule has 0 spiro atoms. The van der Waals surface area contributed by atoms with E-state index in [2.05, 4.69) is 22.9 Å². The number of urea groups is 1. The lowest BCUT2D eigenvalue weighted by molar-refractivity contribution is -0.888. The first-order valence-corrected chi connectivity index (χ1v) is 12.6. The Hall–Kier alpha value is -3.59. The zero-order chi connectivity index (χ0) is 25.9. The van der Waals surface area contributed by atoms with Crippen LogP contribution in [0, 0.1) is 0 Å². The molecular formula is C27H37N4O5+. The van der Waals surface area contributed by atoms with Gasteiger partial charge in [-0.25, -0.2) is 9.59 Å². The van der Waals surface area contributed by atoms with Crippen molar-refractivity contribution in [3.05, 3.63) is 59.7 Å². The van der Waals surface area contributed by atoms with E-state index < -0.39 is 18.0 Å². The fourth-order valence-corrected chi connectivity index (χ4v) is 4.32. The second-order valence-corrected chi connectivity index (χ2v) is 9.12. The summed E-state index contributed by atoms with van der Waals surface area (Å²) in [6.45, 7) is 7.22. The van der Waals surface area contributed by atoms with Crippen LogP contribution >= 0.6 is 0 Å². The highest BCUT2D eigenvalue weighted by atomic mass is 16.5. The van der Waals surface area contributed by atoms with E-state index >= 15 is 0 Å². The molecule has 2 aromatic carbocycles. The molecular weight excluding hydrogens is 460 g/mol. The van der Waals surface area contributed by atoms with Crippen LogP contribution in [0.3, 0.4) is 0 Å². The van der Waals surface area contributed by atoms with E-state index in [9.17, 15) is 19.5 Å². The van der Waals surface area contributed by atoms with Gasteiger partial charge in [0.2, 0.25) is 5.91 Å². The summed E-state index contributed by atoms with van der Waals surface area (Å²) in [5.74, 6) is -0.531. The van der Waals surface area contributed by atoms with E-state index in [-0.39, 0.29) is 30.7 Å². The van der Waals surface area contributed by atoms with Crippen LogP contribution in [-0.2, 0) is 16.0 Å². The van der Waals surface area contributed by atoms with Crippen molar-refractivity contribution >= 4 is 23.6 Å². The van der Waals surface area contributed by atoms with Gasteiger partial charge in [0.05, 0.1) is 37.8 Å². The summed E-state index contributed by atoms with van der Waals surface area (Å²) in [5, 5.41) is 18.2. The smallest absolute Gasteiger partial charge is 0.338 e. The number of hydrogen-bond acceptors (Lipinski definition) is 5. The minimum absolute atomic E-state index is 0.0759. The van der Waals surface area contributed by atoms with Gasteiger partial charge in [-0.05, 0) is 55.3 Å². The number of esters is 1. The number of likely N-dealkylation sites (tertiary alicyclic amines) is 1. The van der Waals surface area contributed by atoms with Crippen molar-refractivity contribution in [1.29, 1.82) is 0 Å². The number of aromatic hydroxyl groups is 1. The number of phenols is 1. The van der Waals surface area contributed by atoms with E-state index in [0.29, 0.717) is 11.3 Å². The maximum Gasteiger partial charge on any atom is 0.338 e. The third-order valence-corrected chi connectivity index (χ3v) is 6.26. The van der Waals surface area contributed by atoms with Gasteiger partial charge < -0.3 is 30.7 Å². The van der Waals surface area contributed by atoms with Crippen molar-refractivity contribution < 1.29 is 29.1 Å². The fourth-order valence-electron chi connectivity index (χ4n) is 4.32. The monoisotopic (exact) mass is 497 g/mol. The van der Waals surface area contributed by atoms with E-state index in [4.69, 9.17) is 4.74 Å². The van der Waals surface area contributed by atoms with Crippen molar-refractivity contribution in [2.75, 3.05) is 31.6 Å². The minimum Gasteiger partial charge on any atom is -0.508 e. The number of ether oxygens (including phenoxy) is 1. The molecule has 1 saturated heterocycles. The van der Waals surface area contributed by atoms with Gasteiger partial charge in [-0.15, -0.1) is 0 Å². The van der Waals surface area contributed by atoms with Crippen LogP contribution in [0.1, 0.15) is 49.0 Å². The van der Waals surface area contributed by atoms with Crippen molar-refractivity contribution in [3.8, 4) is 5.75 Å². The Bertz CT molecular complexity index is 1010. The molecule has 0 bridgehead atoms. The molecule has 9 nitrogen and oxygen atoms in total. The molecule has 194 valence electrons. The Kier molecular flexibility index (Phi) is 10.1. The second kappa shape index (κ2) is 13.5. The molecule has 0 radical (unpaired) electrons. The molecule has 1 fully saturated rings. The van der Waals surface area contributed by atoms with Gasteiger partial charge in [0.15, 0.2) is 0 Å². The highest BCUT2D eigenvalue weighted by molar-refractivity contribution is 5.95. The summed E-state index contributed by atoms with van der Waals surface area (Å²) in [4.78, 5) is 39.3. The van der Waals surface area contributed by atoms with Crippen molar-refractivity contribution in [1.82, 2.24) is 10.6 Å². The van der Waals surface area contributed by atoms with Crippen LogP contribution in [0.2, 0.25) is 0 Å². The number of nitrogens with one attached hydrogen (secondary N) is 4. The van der Waals surface area contributed by atoms with Gasteiger partial charge in [-0.1, -0.05) is 25.5 Å². The third kappa shape index (κ3) is 8.27. The van der Waals surface area contributed by atoms with Crippen molar-refractivity contribution in [3.63, 3.8) is 0 Å². The third-order valence-electron chi connectivity index (χ3n) is 6.26. The standard InChI is InChI=1S/C27H36N4O5/c1-3-5-15-31-16-14-22(18-31)28-25(33)24(17-19-6-12-23(32)13-7-19)30-27(35)29-21-10-8-20(9-11-21)26(34)36-4-2/h6-13,22,24,32H,3-5,14-18H2,1-2H3,(H,28,33)(H2,29,30,35)/p+1/t22?,24-/m0/s1. The number of rotatable bonds is 11. The molecule has 5 N–H and O–H groups in total. The minimum atomic E-state index is -0.798. The van der Waals surface area contributed by atoms with Crippen LogP contribution in [0.15, 0.2) is 48.5 Å². The number of carbonyl (C=O) groups excluding carboxylic acids is 3. The largest absolute Gasteiger partial charge is 0.508 e. The zero-order valence-corrected chi connectivity index (χ0v) is 21.0. The Morgan fingerprint density at radius 1 is 1.08 bits per heavy atom. The number of phenolic OH excluding ortho intramolecular Hbond substituents is 1. The number of carbonyl (C=O) groups is 3. The zero-order valence-electron chi connectivity index (χ0n) is 21.0. The molecule has 3 rings (SSSR count). The SMILES string of the molecule is CCCC[NH+]1CCC(NC(=O)[C@H](Cc2ccc(O)cc2)NC(=O)Nc2ccc(C(=O)OCC)cc2)C1. The lowest BCUT2D eigenvalue weighted by atomic mass is 10.0. The average molecular weight is 498 g/mol. The van der Waals surface area contributed by atoms with Gasteiger partial charge in [0.1, 0.15) is 11.8 Å². The van der Waals surface area contributed by atoms with Gasteiger partial charge in [0.25, 0.3) is 0 Å². The highest BCUT2D eigenvalue weighted by Crippen LogP contribution is 2.13. The van der Waals surface area contributed by atoms with Gasteiger partial charge in [-0.2, -0.15) is 0 Å². The predicted molar refractivity (Wildman–Crippen MR) is 137 cm³/mol. The summed E-state index contributed by atoms with van der Waals surface area (Å²) in [5.41, 5.74) is 1.68. The number of unbranched alkanes of at least 4 members (excludes halogenated alkanes) is 1. The number of anilines is 1. The molecule has 2 aromatic rings. The Balaban J connectivity index is 1.62. The lowest BCUT2D eigenvalue weighted by Crippen LogP contribution is -3.10. The summed E-state index contributed by atoms with van der Waals surface area (Å²) in [6, 6.07) is 11.7. The average Bonchev–Trinajstić information content (AvgIpc) is 3.31. The molecule has 1 aliphatic heterocycles. The molecule has 3 amide bonds. The first kappa shape index (κ1) is 27.0. The summed E-state index contributed by atoms with van der Waals surface area (Å²) in [6.07, 6.45) is 3.51. The lowest BCUT2D eigenvalue weighted by Gasteiger charge is -2.21. The number of amides is 3. The van der Waals surface area contributed by atoms with Gasteiger partial charge >= 0.3 is 12.0 Å². The molecule has 1 aliphatic rings. The van der Waals surface area contributed by atoms with Crippen LogP contribution in [0.25, 0.3) is 0 Å². The topological polar surface area (TPSA) is 121 Å². The summed E-state index contributed by atoms with van der Waals surface area (Å²) >= 11 is 0. The molecule has 2 unspecified atom stereocenters. The molecule has 0 aromatic heterocycles. The maximum atomic E-state index is 13.2. The van der Waals surface area contributed by atoms with E-state index in [1.807, 2.05) is 0 Å². The molecule has 0 saturated carbocycles. The number of quaternary nitrogens is 1. The van der Waals surface area contributed by atoms with Crippen LogP contribution in [0.4, 0.5) is 10.5 Å². The first-order valence-electron chi connectivity index (χ1n) is 12.6. The quantitative estimate of drug-likeness (QED) is 0.304. The van der Waals surface area contributed by atoms with Crippen molar-refractivity contribution in [2.24, 2.45) is 0 Å². The summed E-state index contributed by atoms with van der Waals surface area (Å²) < 4.78 is 4.97. The number of hydrogen-bond donors (Lipinski definition) is 5.